The number of carbonyl (C=O) groups is 2. The van der Waals surface area contributed by atoms with Crippen molar-refractivity contribution in [3.8, 4) is 0 Å². The normalized spacial score (nSPS) is 10.9. The van der Waals surface area contributed by atoms with Crippen LogP contribution in [0.25, 0.3) is 0 Å². The predicted molar refractivity (Wildman–Crippen MR) is 116 cm³/mol. The molecule has 1 rings (SSSR count). The molecule has 0 saturated carbocycles. The number of aromatic nitrogens is 1. The molecule has 29 heavy (non-hydrogen) atoms. The number of rotatable bonds is 16. The van der Waals surface area contributed by atoms with Crippen molar-refractivity contribution in [3.05, 3.63) is 29.6 Å². The fourth-order valence-electron chi connectivity index (χ4n) is 2.98. The van der Waals surface area contributed by atoms with Gasteiger partial charge in [0.2, 0.25) is 0 Å². The zero-order chi connectivity index (χ0) is 21.3. The summed E-state index contributed by atoms with van der Waals surface area (Å²) >= 11 is 0. The first kappa shape index (κ1) is 25.1. The summed E-state index contributed by atoms with van der Waals surface area (Å²) in [5, 5.41) is 0. The lowest BCUT2D eigenvalue weighted by molar-refractivity contribution is 0.0450. The van der Waals surface area contributed by atoms with Crippen molar-refractivity contribution >= 4 is 11.9 Å². The second kappa shape index (κ2) is 15.9. The van der Waals surface area contributed by atoms with Crippen LogP contribution in [-0.4, -0.2) is 30.1 Å². The predicted octanol–water partition coefficient (Wildman–Crippen LogP) is 6.36. The molecule has 0 atom stereocenters. The first-order valence-electron chi connectivity index (χ1n) is 11.4. The molecule has 1 aromatic rings. The van der Waals surface area contributed by atoms with Gasteiger partial charge in [-0.2, -0.15) is 0 Å². The zero-order valence-corrected chi connectivity index (χ0v) is 18.6. The third-order valence-electron chi connectivity index (χ3n) is 4.70. The standard InChI is InChI=1S/C24H39NO4/c1-4-5-6-7-8-9-10-11-12-13-14-18-28-23(26)21-16-15-17-22(25-21)24(27)29-19-20(2)3/h15-17,20H,4-14,18-19H2,1-3H3. The van der Waals surface area contributed by atoms with Gasteiger partial charge in [-0.1, -0.05) is 91.0 Å². The van der Waals surface area contributed by atoms with Crippen LogP contribution >= 0.6 is 0 Å². The fourth-order valence-corrected chi connectivity index (χ4v) is 2.98. The van der Waals surface area contributed by atoms with E-state index in [9.17, 15) is 9.59 Å². The van der Waals surface area contributed by atoms with Crippen LogP contribution in [-0.2, 0) is 9.47 Å². The van der Waals surface area contributed by atoms with Gasteiger partial charge in [0.05, 0.1) is 13.2 Å². The monoisotopic (exact) mass is 405 g/mol. The van der Waals surface area contributed by atoms with E-state index < -0.39 is 11.9 Å². The maximum Gasteiger partial charge on any atom is 0.356 e. The van der Waals surface area contributed by atoms with E-state index in [-0.39, 0.29) is 17.3 Å². The molecule has 0 saturated heterocycles. The molecule has 0 aliphatic rings. The third-order valence-corrected chi connectivity index (χ3v) is 4.70. The number of pyridine rings is 1. The van der Waals surface area contributed by atoms with Crippen molar-refractivity contribution in [3.63, 3.8) is 0 Å². The highest BCUT2D eigenvalue weighted by atomic mass is 16.5. The zero-order valence-electron chi connectivity index (χ0n) is 18.6. The number of esters is 2. The lowest BCUT2D eigenvalue weighted by Gasteiger charge is -2.08. The molecule has 0 spiro atoms. The SMILES string of the molecule is CCCCCCCCCCCCCOC(=O)c1cccc(C(=O)OCC(C)C)n1. The van der Waals surface area contributed by atoms with Crippen molar-refractivity contribution in [2.24, 2.45) is 5.92 Å². The van der Waals surface area contributed by atoms with E-state index in [1.54, 1.807) is 18.2 Å². The van der Waals surface area contributed by atoms with Crippen molar-refractivity contribution < 1.29 is 19.1 Å². The van der Waals surface area contributed by atoms with E-state index in [2.05, 4.69) is 11.9 Å². The Morgan fingerprint density at radius 3 is 1.79 bits per heavy atom. The van der Waals surface area contributed by atoms with Gasteiger partial charge >= 0.3 is 11.9 Å². The molecule has 164 valence electrons. The first-order chi connectivity index (χ1) is 14.0. The average Bonchev–Trinajstić information content (AvgIpc) is 2.72. The number of ether oxygens (including phenoxy) is 2. The Morgan fingerprint density at radius 1 is 0.793 bits per heavy atom. The molecule has 0 N–H and O–H groups in total. The van der Waals surface area contributed by atoms with E-state index >= 15 is 0 Å². The summed E-state index contributed by atoms with van der Waals surface area (Å²) in [6.45, 7) is 6.88. The molecule has 5 heteroatoms. The van der Waals surface area contributed by atoms with Gasteiger partial charge in [0, 0.05) is 0 Å². The molecule has 0 amide bonds. The molecular weight excluding hydrogens is 366 g/mol. The van der Waals surface area contributed by atoms with Gasteiger partial charge in [-0.3, -0.25) is 0 Å². The molecule has 0 radical (unpaired) electrons. The smallest absolute Gasteiger partial charge is 0.356 e. The number of carbonyl (C=O) groups excluding carboxylic acids is 2. The lowest BCUT2D eigenvalue weighted by atomic mass is 10.1. The Kier molecular flexibility index (Phi) is 13.8. The van der Waals surface area contributed by atoms with E-state index in [0.29, 0.717) is 13.2 Å². The molecule has 5 nitrogen and oxygen atoms in total. The van der Waals surface area contributed by atoms with Gasteiger partial charge < -0.3 is 9.47 Å². The summed E-state index contributed by atoms with van der Waals surface area (Å²) in [5.41, 5.74) is 0.280. The summed E-state index contributed by atoms with van der Waals surface area (Å²) < 4.78 is 10.4. The average molecular weight is 406 g/mol. The maximum atomic E-state index is 12.1. The summed E-state index contributed by atoms with van der Waals surface area (Å²) in [5.74, 6) is -0.757. The molecular formula is C24H39NO4. The van der Waals surface area contributed by atoms with E-state index in [1.165, 1.54) is 57.8 Å². The molecule has 1 aromatic heterocycles. The summed E-state index contributed by atoms with van der Waals surface area (Å²) in [6.07, 6.45) is 13.8. The van der Waals surface area contributed by atoms with Crippen molar-refractivity contribution in [1.29, 1.82) is 0 Å². The lowest BCUT2D eigenvalue weighted by Crippen LogP contribution is -2.15. The third kappa shape index (κ3) is 12.3. The van der Waals surface area contributed by atoms with Gasteiger partial charge in [0.25, 0.3) is 0 Å². The number of nitrogens with zero attached hydrogens (tertiary/aromatic N) is 1. The molecule has 0 aromatic carbocycles. The van der Waals surface area contributed by atoms with Crippen LogP contribution in [0.2, 0.25) is 0 Å². The summed E-state index contributed by atoms with van der Waals surface area (Å²) in [4.78, 5) is 28.2. The fraction of sp³-hybridized carbons (Fsp3) is 0.708. The van der Waals surface area contributed by atoms with Gasteiger partial charge in [-0.15, -0.1) is 0 Å². The van der Waals surface area contributed by atoms with Crippen LogP contribution in [0.4, 0.5) is 0 Å². The van der Waals surface area contributed by atoms with Crippen molar-refractivity contribution in [2.75, 3.05) is 13.2 Å². The Bertz CT molecular complexity index is 586. The largest absolute Gasteiger partial charge is 0.461 e. The van der Waals surface area contributed by atoms with E-state index in [4.69, 9.17) is 9.47 Å². The first-order valence-corrected chi connectivity index (χ1v) is 11.4. The van der Waals surface area contributed by atoms with Crippen LogP contribution in [0.1, 0.15) is 112 Å². The van der Waals surface area contributed by atoms with Crippen LogP contribution in [0.3, 0.4) is 0 Å². The van der Waals surface area contributed by atoms with Gasteiger partial charge in [-0.25, -0.2) is 14.6 Å². The van der Waals surface area contributed by atoms with E-state index in [1.807, 2.05) is 13.8 Å². The number of hydrogen-bond donors (Lipinski definition) is 0. The number of unbranched alkanes of at least 4 members (excludes halogenated alkanes) is 10. The molecule has 0 aliphatic heterocycles. The topological polar surface area (TPSA) is 65.5 Å². The molecule has 1 heterocycles. The summed E-state index contributed by atoms with van der Waals surface area (Å²) in [7, 11) is 0. The Labute approximate surface area is 176 Å². The van der Waals surface area contributed by atoms with Gasteiger partial charge in [-0.05, 0) is 24.5 Å². The highest BCUT2D eigenvalue weighted by Gasteiger charge is 2.14. The molecule has 0 unspecified atom stereocenters. The van der Waals surface area contributed by atoms with Gasteiger partial charge in [0.15, 0.2) is 0 Å². The second-order valence-corrected chi connectivity index (χ2v) is 8.07. The Hall–Kier alpha value is -1.91. The molecule has 0 bridgehead atoms. The highest BCUT2D eigenvalue weighted by molar-refractivity contribution is 5.91. The van der Waals surface area contributed by atoms with Crippen LogP contribution in [0.15, 0.2) is 18.2 Å². The second-order valence-electron chi connectivity index (χ2n) is 8.07. The van der Waals surface area contributed by atoms with Crippen molar-refractivity contribution in [2.45, 2.75) is 91.4 Å². The quantitative estimate of drug-likeness (QED) is 0.236. The highest BCUT2D eigenvalue weighted by Crippen LogP contribution is 2.11. The minimum atomic E-state index is -0.515. The summed E-state index contributed by atoms with van der Waals surface area (Å²) in [6, 6.07) is 4.73. The number of hydrogen-bond acceptors (Lipinski definition) is 5. The van der Waals surface area contributed by atoms with Crippen LogP contribution < -0.4 is 0 Å². The Morgan fingerprint density at radius 2 is 1.28 bits per heavy atom. The minimum absolute atomic E-state index is 0.134. The minimum Gasteiger partial charge on any atom is -0.461 e. The van der Waals surface area contributed by atoms with Crippen molar-refractivity contribution in [1.82, 2.24) is 4.98 Å². The maximum absolute atomic E-state index is 12.1. The van der Waals surface area contributed by atoms with Crippen LogP contribution in [0, 0.1) is 5.92 Å². The Balaban J connectivity index is 2.14. The molecule has 0 aliphatic carbocycles. The van der Waals surface area contributed by atoms with Gasteiger partial charge in [0.1, 0.15) is 11.4 Å². The van der Waals surface area contributed by atoms with Crippen LogP contribution in [0.5, 0.6) is 0 Å². The molecule has 0 fully saturated rings. The van der Waals surface area contributed by atoms with E-state index in [0.717, 1.165) is 12.8 Å².